The molecule has 7 nitrogen and oxygen atoms in total. The number of ether oxygens (including phenoxy) is 1. The Balaban J connectivity index is 1.95. The summed E-state index contributed by atoms with van der Waals surface area (Å²) in [6.07, 6.45) is 7.51. The number of halogens is 1. The van der Waals surface area contributed by atoms with Crippen LogP contribution in [-0.2, 0) is 0 Å². The van der Waals surface area contributed by atoms with Crippen molar-refractivity contribution in [2.75, 3.05) is 26.0 Å². The van der Waals surface area contributed by atoms with Gasteiger partial charge < -0.3 is 10.1 Å². The molecule has 0 atom stereocenters. The molecule has 0 aliphatic heterocycles. The molecule has 148 valence electrons. The van der Waals surface area contributed by atoms with Crippen molar-refractivity contribution in [2.45, 2.75) is 6.92 Å². The summed E-state index contributed by atoms with van der Waals surface area (Å²) in [5.41, 5.74) is 3.09. The maximum absolute atomic E-state index is 13.2. The van der Waals surface area contributed by atoms with Crippen molar-refractivity contribution >= 4 is 22.4 Å². The van der Waals surface area contributed by atoms with Crippen molar-refractivity contribution in [3.8, 4) is 17.1 Å². The number of hydrogen-bond acceptors (Lipinski definition) is 7. The number of nitrogens with zero attached hydrogens (tertiary/aromatic N) is 5. The molecule has 0 bridgehead atoms. The Hall–Kier alpha value is -3.68. The van der Waals surface area contributed by atoms with Crippen molar-refractivity contribution in [3.05, 3.63) is 61.0 Å². The number of aliphatic imine (C=N–C) groups is 1. The van der Waals surface area contributed by atoms with Gasteiger partial charge in [-0.3, -0.25) is 4.99 Å². The SMILES string of the molecule is C=C(/C=C\C(C)=NC)CNc1ncnc2c(OC)cc(-c3ncc(F)cn3)cc12. The first-order valence-corrected chi connectivity index (χ1v) is 8.85. The average Bonchev–Trinajstić information content (AvgIpc) is 2.75. The van der Waals surface area contributed by atoms with Gasteiger partial charge in [0.25, 0.3) is 0 Å². The van der Waals surface area contributed by atoms with E-state index >= 15 is 0 Å². The van der Waals surface area contributed by atoms with E-state index in [-0.39, 0.29) is 0 Å². The number of aromatic nitrogens is 4. The number of fused-ring (bicyclic) bond motifs is 1. The third-order valence-electron chi connectivity index (χ3n) is 4.20. The molecule has 2 aromatic heterocycles. The molecule has 0 saturated heterocycles. The van der Waals surface area contributed by atoms with Crippen LogP contribution in [0.2, 0.25) is 0 Å². The highest BCUT2D eigenvalue weighted by molar-refractivity contribution is 5.96. The Bertz CT molecular complexity index is 1090. The fraction of sp³-hybridized carbons (Fsp3) is 0.190. The van der Waals surface area contributed by atoms with E-state index < -0.39 is 5.82 Å². The molecule has 0 saturated carbocycles. The molecule has 0 spiro atoms. The maximum Gasteiger partial charge on any atom is 0.159 e. The van der Waals surface area contributed by atoms with Crippen LogP contribution >= 0.6 is 0 Å². The molecule has 0 unspecified atom stereocenters. The van der Waals surface area contributed by atoms with Crippen LogP contribution in [0.25, 0.3) is 22.3 Å². The van der Waals surface area contributed by atoms with E-state index in [1.54, 1.807) is 20.2 Å². The number of nitrogens with one attached hydrogen (secondary N) is 1. The number of hydrogen-bond donors (Lipinski definition) is 1. The van der Waals surface area contributed by atoms with Gasteiger partial charge in [-0.25, -0.2) is 24.3 Å². The second-order valence-electron chi connectivity index (χ2n) is 6.23. The van der Waals surface area contributed by atoms with Crippen molar-refractivity contribution in [1.82, 2.24) is 19.9 Å². The lowest BCUT2D eigenvalue weighted by molar-refractivity contribution is 0.419. The second-order valence-corrected chi connectivity index (χ2v) is 6.23. The minimum Gasteiger partial charge on any atom is -0.494 e. The van der Waals surface area contributed by atoms with Gasteiger partial charge in [-0.05, 0) is 30.7 Å². The van der Waals surface area contributed by atoms with E-state index in [1.807, 2.05) is 25.1 Å². The Labute approximate surface area is 168 Å². The molecule has 8 heteroatoms. The van der Waals surface area contributed by atoms with Gasteiger partial charge in [0.15, 0.2) is 11.6 Å². The summed E-state index contributed by atoms with van der Waals surface area (Å²) in [7, 11) is 3.30. The van der Waals surface area contributed by atoms with Gasteiger partial charge in [-0.1, -0.05) is 12.7 Å². The molecular weight excluding hydrogens is 371 g/mol. The molecule has 0 radical (unpaired) electrons. The molecular formula is C21H21FN6O. The molecule has 1 N–H and O–H groups in total. The largest absolute Gasteiger partial charge is 0.494 e. The highest BCUT2D eigenvalue weighted by atomic mass is 19.1. The van der Waals surface area contributed by atoms with Crippen molar-refractivity contribution < 1.29 is 9.13 Å². The van der Waals surface area contributed by atoms with Gasteiger partial charge in [-0.2, -0.15) is 0 Å². The molecule has 0 aliphatic rings. The predicted molar refractivity (Wildman–Crippen MR) is 113 cm³/mol. The summed E-state index contributed by atoms with van der Waals surface area (Å²) in [6.45, 7) is 6.44. The van der Waals surface area contributed by atoms with E-state index in [0.29, 0.717) is 35.0 Å². The summed E-state index contributed by atoms with van der Waals surface area (Å²) in [6, 6.07) is 3.61. The Morgan fingerprint density at radius 3 is 2.66 bits per heavy atom. The lowest BCUT2D eigenvalue weighted by Crippen LogP contribution is -2.06. The molecule has 29 heavy (non-hydrogen) atoms. The summed E-state index contributed by atoms with van der Waals surface area (Å²) in [5.74, 6) is 1.04. The minimum absolute atomic E-state index is 0.378. The van der Waals surface area contributed by atoms with Crippen molar-refractivity contribution in [1.29, 1.82) is 0 Å². The van der Waals surface area contributed by atoms with Gasteiger partial charge in [0, 0.05) is 30.3 Å². The van der Waals surface area contributed by atoms with Gasteiger partial charge in [0.05, 0.1) is 19.5 Å². The van der Waals surface area contributed by atoms with Crippen molar-refractivity contribution in [2.24, 2.45) is 4.99 Å². The van der Waals surface area contributed by atoms with Crippen LogP contribution in [0.3, 0.4) is 0 Å². The fourth-order valence-electron chi connectivity index (χ4n) is 2.59. The Morgan fingerprint density at radius 2 is 1.97 bits per heavy atom. The first-order chi connectivity index (χ1) is 14.0. The van der Waals surface area contributed by atoms with Gasteiger partial charge in [0.1, 0.15) is 23.4 Å². The predicted octanol–water partition coefficient (Wildman–Crippen LogP) is 3.85. The minimum atomic E-state index is -0.498. The molecule has 0 amide bonds. The number of methoxy groups -OCH3 is 1. The highest BCUT2D eigenvalue weighted by Gasteiger charge is 2.13. The summed E-state index contributed by atoms with van der Waals surface area (Å²) in [4.78, 5) is 20.9. The van der Waals surface area contributed by atoms with Crippen LogP contribution in [0.1, 0.15) is 6.92 Å². The number of anilines is 1. The topological polar surface area (TPSA) is 85.2 Å². The van der Waals surface area contributed by atoms with Gasteiger partial charge >= 0.3 is 0 Å². The van der Waals surface area contributed by atoms with Crippen LogP contribution in [0.15, 0.2) is 60.2 Å². The fourth-order valence-corrected chi connectivity index (χ4v) is 2.59. The standard InChI is InChI=1S/C21H21FN6O/c1-13(5-6-14(2)23-3)9-24-21-17-7-15(20-25-10-16(22)11-26-20)8-18(29-4)19(17)27-12-28-21/h5-8,10-12H,1,9H2,2-4H3,(H,24,27,28)/b6-5-,23-14?. The molecule has 0 aliphatic carbocycles. The van der Waals surface area contributed by atoms with E-state index in [0.717, 1.165) is 29.1 Å². The summed E-state index contributed by atoms with van der Waals surface area (Å²) >= 11 is 0. The van der Waals surface area contributed by atoms with Crippen LogP contribution in [0.4, 0.5) is 10.2 Å². The van der Waals surface area contributed by atoms with Gasteiger partial charge in [0.2, 0.25) is 0 Å². The first kappa shape index (κ1) is 20.1. The molecule has 3 rings (SSSR count). The molecule has 1 aromatic carbocycles. The monoisotopic (exact) mass is 392 g/mol. The van der Waals surface area contributed by atoms with Crippen molar-refractivity contribution in [3.63, 3.8) is 0 Å². The van der Waals surface area contributed by atoms with Crippen LogP contribution in [0, 0.1) is 5.82 Å². The van der Waals surface area contributed by atoms with Crippen LogP contribution < -0.4 is 10.1 Å². The first-order valence-electron chi connectivity index (χ1n) is 8.85. The van der Waals surface area contributed by atoms with E-state index in [2.05, 4.69) is 36.8 Å². The Kier molecular flexibility index (Phi) is 6.23. The lowest BCUT2D eigenvalue weighted by Gasteiger charge is -2.12. The lowest BCUT2D eigenvalue weighted by atomic mass is 10.1. The smallest absolute Gasteiger partial charge is 0.159 e. The summed E-state index contributed by atoms with van der Waals surface area (Å²) in [5, 5.41) is 4.00. The van der Waals surface area contributed by atoms with Gasteiger partial charge in [-0.15, -0.1) is 0 Å². The zero-order valence-electron chi connectivity index (χ0n) is 16.5. The average molecular weight is 392 g/mol. The quantitative estimate of drug-likeness (QED) is 0.486. The third-order valence-corrected chi connectivity index (χ3v) is 4.20. The zero-order valence-corrected chi connectivity index (χ0v) is 16.5. The zero-order chi connectivity index (χ0) is 20.8. The van der Waals surface area contributed by atoms with Crippen LogP contribution in [-0.4, -0.2) is 46.3 Å². The second kappa shape index (κ2) is 9.01. The molecule has 3 aromatic rings. The van der Waals surface area contributed by atoms with Crippen LogP contribution in [0.5, 0.6) is 5.75 Å². The molecule has 0 fully saturated rings. The maximum atomic E-state index is 13.2. The van der Waals surface area contributed by atoms with E-state index in [4.69, 9.17) is 4.74 Å². The highest BCUT2D eigenvalue weighted by Crippen LogP contribution is 2.32. The normalized spacial score (nSPS) is 11.8. The number of rotatable bonds is 7. The number of allylic oxidation sites excluding steroid dienone is 1. The van der Waals surface area contributed by atoms with E-state index in [9.17, 15) is 4.39 Å². The Morgan fingerprint density at radius 1 is 1.21 bits per heavy atom. The molecule has 2 heterocycles. The summed E-state index contributed by atoms with van der Waals surface area (Å²) < 4.78 is 18.7. The number of benzene rings is 1. The van der Waals surface area contributed by atoms with E-state index in [1.165, 1.54) is 6.33 Å². The third kappa shape index (κ3) is 4.78.